The number of carbonyl (C=O) groups excluding carboxylic acids is 1. The predicted octanol–water partition coefficient (Wildman–Crippen LogP) is 2.81. The molecule has 0 amide bonds. The molecule has 0 unspecified atom stereocenters. The van der Waals surface area contributed by atoms with E-state index in [-0.39, 0.29) is 5.97 Å². The minimum atomic E-state index is -0.289. The van der Waals surface area contributed by atoms with E-state index in [1.165, 1.54) is 0 Å². The summed E-state index contributed by atoms with van der Waals surface area (Å²) in [4.78, 5) is 11.5. The van der Waals surface area contributed by atoms with Gasteiger partial charge in [0.05, 0.1) is 12.2 Å². The number of ether oxygens (including phenoxy) is 1. The summed E-state index contributed by atoms with van der Waals surface area (Å²) in [6, 6.07) is 5.57. The fourth-order valence-electron chi connectivity index (χ4n) is 1.25. The molecule has 1 aromatic carbocycles. The van der Waals surface area contributed by atoms with Gasteiger partial charge in [0.1, 0.15) is 0 Å². The van der Waals surface area contributed by atoms with Crippen LogP contribution in [0.3, 0.4) is 0 Å². The van der Waals surface area contributed by atoms with E-state index >= 15 is 0 Å². The molecule has 2 nitrogen and oxygen atoms in total. The van der Waals surface area contributed by atoms with Crippen LogP contribution in [0.2, 0.25) is 0 Å². The van der Waals surface area contributed by atoms with Crippen LogP contribution in [0.5, 0.6) is 0 Å². The standard InChI is InChI=1S/C12H14O2/c1-4-10-8-9(3)6-7-11(10)12(13)14-5-2/h4,6-8H,1,5H2,2-3H3. The summed E-state index contributed by atoms with van der Waals surface area (Å²) in [7, 11) is 0. The van der Waals surface area contributed by atoms with Crippen LogP contribution in [-0.2, 0) is 4.74 Å². The van der Waals surface area contributed by atoms with Crippen LogP contribution in [0, 0.1) is 6.92 Å². The van der Waals surface area contributed by atoms with E-state index in [9.17, 15) is 4.79 Å². The van der Waals surface area contributed by atoms with Crippen molar-refractivity contribution in [3.8, 4) is 0 Å². The molecule has 2 heteroatoms. The molecule has 0 radical (unpaired) electrons. The molecule has 74 valence electrons. The second-order valence-electron chi connectivity index (χ2n) is 3.02. The van der Waals surface area contributed by atoms with Crippen LogP contribution in [0.15, 0.2) is 24.8 Å². The molecule has 0 aliphatic carbocycles. The highest BCUT2D eigenvalue weighted by atomic mass is 16.5. The van der Waals surface area contributed by atoms with E-state index in [4.69, 9.17) is 4.74 Å². The number of hydrogen-bond acceptors (Lipinski definition) is 2. The fourth-order valence-corrected chi connectivity index (χ4v) is 1.25. The number of esters is 1. The van der Waals surface area contributed by atoms with Crippen LogP contribution in [0.1, 0.15) is 28.4 Å². The first kappa shape index (κ1) is 10.5. The largest absolute Gasteiger partial charge is 0.462 e. The Morgan fingerprint density at radius 3 is 2.86 bits per heavy atom. The van der Waals surface area contributed by atoms with Crippen molar-refractivity contribution in [2.45, 2.75) is 13.8 Å². The van der Waals surface area contributed by atoms with E-state index in [0.717, 1.165) is 11.1 Å². The summed E-state index contributed by atoms with van der Waals surface area (Å²) >= 11 is 0. The highest BCUT2D eigenvalue weighted by Crippen LogP contribution is 2.14. The van der Waals surface area contributed by atoms with Crippen molar-refractivity contribution in [2.24, 2.45) is 0 Å². The minimum Gasteiger partial charge on any atom is -0.462 e. The number of hydrogen-bond donors (Lipinski definition) is 0. The van der Waals surface area contributed by atoms with Gasteiger partial charge in [0.25, 0.3) is 0 Å². The molecule has 0 spiro atoms. The van der Waals surface area contributed by atoms with Gasteiger partial charge in [-0.05, 0) is 25.5 Å². The Morgan fingerprint density at radius 2 is 2.29 bits per heavy atom. The van der Waals surface area contributed by atoms with E-state index in [0.29, 0.717) is 12.2 Å². The Morgan fingerprint density at radius 1 is 1.57 bits per heavy atom. The van der Waals surface area contributed by atoms with Gasteiger partial charge in [-0.15, -0.1) is 0 Å². The molecule has 0 aliphatic rings. The molecule has 1 rings (SSSR count). The van der Waals surface area contributed by atoms with E-state index in [1.54, 1.807) is 19.1 Å². The first-order chi connectivity index (χ1) is 6.69. The van der Waals surface area contributed by atoms with Crippen LogP contribution in [0.25, 0.3) is 6.08 Å². The summed E-state index contributed by atoms with van der Waals surface area (Å²) in [5, 5.41) is 0. The molecular formula is C12H14O2. The van der Waals surface area contributed by atoms with Gasteiger partial charge in [-0.2, -0.15) is 0 Å². The Kier molecular flexibility index (Phi) is 3.46. The molecular weight excluding hydrogens is 176 g/mol. The Hall–Kier alpha value is -1.57. The summed E-state index contributed by atoms with van der Waals surface area (Å²) in [5.41, 5.74) is 2.50. The zero-order chi connectivity index (χ0) is 10.6. The van der Waals surface area contributed by atoms with Gasteiger partial charge in [0.2, 0.25) is 0 Å². The topological polar surface area (TPSA) is 26.3 Å². The van der Waals surface area contributed by atoms with Gasteiger partial charge in [-0.3, -0.25) is 0 Å². The van der Waals surface area contributed by atoms with Crippen molar-refractivity contribution in [3.63, 3.8) is 0 Å². The molecule has 1 aromatic rings. The lowest BCUT2D eigenvalue weighted by Gasteiger charge is -2.06. The average molecular weight is 190 g/mol. The monoisotopic (exact) mass is 190 g/mol. The molecule has 0 saturated heterocycles. The normalized spacial score (nSPS) is 9.57. The van der Waals surface area contributed by atoms with Crippen LogP contribution in [-0.4, -0.2) is 12.6 Å². The third-order valence-electron chi connectivity index (χ3n) is 1.92. The number of carbonyl (C=O) groups is 1. The molecule has 14 heavy (non-hydrogen) atoms. The number of rotatable bonds is 3. The van der Waals surface area contributed by atoms with Gasteiger partial charge < -0.3 is 4.74 Å². The van der Waals surface area contributed by atoms with Crippen molar-refractivity contribution < 1.29 is 9.53 Å². The summed E-state index contributed by atoms with van der Waals surface area (Å²) in [5.74, 6) is -0.289. The van der Waals surface area contributed by atoms with Gasteiger partial charge in [0, 0.05) is 0 Å². The number of aryl methyl sites for hydroxylation is 1. The summed E-state index contributed by atoms with van der Waals surface area (Å²) in [6.07, 6.45) is 1.67. The molecule has 0 aliphatic heterocycles. The summed E-state index contributed by atoms with van der Waals surface area (Å²) in [6.45, 7) is 7.83. The van der Waals surface area contributed by atoms with E-state index in [2.05, 4.69) is 6.58 Å². The summed E-state index contributed by atoms with van der Waals surface area (Å²) < 4.78 is 4.92. The Bertz CT molecular complexity index is 353. The van der Waals surface area contributed by atoms with Gasteiger partial charge in [0.15, 0.2) is 0 Å². The second kappa shape index (κ2) is 4.61. The molecule has 0 fully saturated rings. The molecule has 0 aromatic heterocycles. The number of benzene rings is 1. The Balaban J connectivity index is 3.07. The zero-order valence-electron chi connectivity index (χ0n) is 8.54. The first-order valence-corrected chi connectivity index (χ1v) is 4.59. The molecule has 0 N–H and O–H groups in total. The SMILES string of the molecule is C=Cc1cc(C)ccc1C(=O)OCC. The average Bonchev–Trinajstić information content (AvgIpc) is 2.17. The third kappa shape index (κ3) is 2.22. The molecule has 0 atom stereocenters. The lowest BCUT2D eigenvalue weighted by atomic mass is 10.0. The quantitative estimate of drug-likeness (QED) is 0.685. The maximum Gasteiger partial charge on any atom is 0.338 e. The van der Waals surface area contributed by atoms with Gasteiger partial charge in [-0.1, -0.05) is 30.4 Å². The van der Waals surface area contributed by atoms with Crippen molar-refractivity contribution in [1.29, 1.82) is 0 Å². The minimum absolute atomic E-state index is 0.289. The van der Waals surface area contributed by atoms with Crippen molar-refractivity contribution in [1.82, 2.24) is 0 Å². The van der Waals surface area contributed by atoms with Crippen molar-refractivity contribution in [2.75, 3.05) is 6.61 Å². The zero-order valence-corrected chi connectivity index (χ0v) is 8.54. The van der Waals surface area contributed by atoms with Crippen LogP contribution >= 0.6 is 0 Å². The fraction of sp³-hybridized carbons (Fsp3) is 0.250. The van der Waals surface area contributed by atoms with Gasteiger partial charge >= 0.3 is 5.97 Å². The highest BCUT2D eigenvalue weighted by Gasteiger charge is 2.09. The lowest BCUT2D eigenvalue weighted by molar-refractivity contribution is 0.0526. The molecule has 0 heterocycles. The third-order valence-corrected chi connectivity index (χ3v) is 1.92. The lowest BCUT2D eigenvalue weighted by Crippen LogP contribution is -2.06. The maximum absolute atomic E-state index is 11.5. The second-order valence-corrected chi connectivity index (χ2v) is 3.02. The van der Waals surface area contributed by atoms with Crippen LogP contribution < -0.4 is 0 Å². The molecule has 0 bridgehead atoms. The predicted molar refractivity (Wildman–Crippen MR) is 57.2 cm³/mol. The van der Waals surface area contributed by atoms with E-state index in [1.807, 2.05) is 19.1 Å². The van der Waals surface area contributed by atoms with E-state index < -0.39 is 0 Å². The van der Waals surface area contributed by atoms with Gasteiger partial charge in [-0.25, -0.2) is 4.79 Å². The first-order valence-electron chi connectivity index (χ1n) is 4.59. The van der Waals surface area contributed by atoms with Crippen LogP contribution in [0.4, 0.5) is 0 Å². The Labute approximate surface area is 84.2 Å². The van der Waals surface area contributed by atoms with Crippen molar-refractivity contribution >= 4 is 12.0 Å². The smallest absolute Gasteiger partial charge is 0.338 e. The highest BCUT2D eigenvalue weighted by molar-refractivity contribution is 5.93. The molecule has 0 saturated carbocycles. The maximum atomic E-state index is 11.5. The van der Waals surface area contributed by atoms with Crippen molar-refractivity contribution in [3.05, 3.63) is 41.5 Å².